The van der Waals surface area contributed by atoms with Gasteiger partial charge in [0.25, 0.3) is 0 Å². The zero-order valence-corrected chi connectivity index (χ0v) is 9.71. The third kappa shape index (κ3) is 2.18. The van der Waals surface area contributed by atoms with E-state index in [1.165, 1.54) is 12.1 Å². The van der Waals surface area contributed by atoms with Gasteiger partial charge >= 0.3 is 0 Å². The van der Waals surface area contributed by atoms with Crippen LogP contribution in [-0.2, 0) is 4.74 Å². The van der Waals surface area contributed by atoms with Crippen molar-refractivity contribution in [2.75, 3.05) is 13.2 Å². The van der Waals surface area contributed by atoms with Gasteiger partial charge in [-0.1, -0.05) is 0 Å². The van der Waals surface area contributed by atoms with Crippen LogP contribution in [-0.4, -0.2) is 30.5 Å². The summed E-state index contributed by atoms with van der Waals surface area (Å²) in [5.74, 6) is -2.31. The molecule has 0 saturated carbocycles. The lowest BCUT2D eigenvalue weighted by molar-refractivity contribution is 0.0702. The average Bonchev–Trinajstić information content (AvgIpc) is 2.65. The minimum absolute atomic E-state index is 0.0283. The molecule has 2 atom stereocenters. The first-order valence-corrected chi connectivity index (χ1v) is 5.45. The van der Waals surface area contributed by atoms with Crippen LogP contribution < -0.4 is 4.74 Å². The van der Waals surface area contributed by atoms with E-state index in [2.05, 4.69) is 15.9 Å². The third-order valence-electron chi connectivity index (χ3n) is 2.28. The number of rotatable bonds is 2. The van der Waals surface area contributed by atoms with E-state index in [0.717, 1.165) is 0 Å². The van der Waals surface area contributed by atoms with Crippen molar-refractivity contribution in [1.29, 1.82) is 0 Å². The highest BCUT2D eigenvalue weighted by Crippen LogP contribution is 2.27. The second-order valence-electron chi connectivity index (χ2n) is 3.43. The monoisotopic (exact) mass is 294 g/mol. The standard InChI is InChI=1S/C10H9BrF2O3/c11-5-1-2-7(10(13)9(5)12)16-8-4-15-3-6(8)14/h1-2,6,8,14H,3-4H2/t6-,8-/m1/s1. The molecule has 1 N–H and O–H groups in total. The SMILES string of the molecule is O[C@@H]1COC[C@H]1Oc1ccc(Br)c(F)c1F. The van der Waals surface area contributed by atoms with Gasteiger partial charge in [-0.15, -0.1) is 0 Å². The van der Waals surface area contributed by atoms with E-state index < -0.39 is 23.8 Å². The molecule has 2 rings (SSSR count). The fourth-order valence-electron chi connectivity index (χ4n) is 1.40. The minimum atomic E-state index is -1.08. The Labute approximate surface area is 99.1 Å². The number of halogens is 3. The first-order chi connectivity index (χ1) is 7.59. The maximum Gasteiger partial charge on any atom is 0.201 e. The fourth-order valence-corrected chi connectivity index (χ4v) is 1.70. The molecule has 88 valence electrons. The number of hydrogen-bond donors (Lipinski definition) is 1. The second kappa shape index (κ2) is 4.65. The molecular formula is C10H9BrF2O3. The molecule has 0 aromatic heterocycles. The van der Waals surface area contributed by atoms with E-state index in [1.54, 1.807) is 0 Å². The van der Waals surface area contributed by atoms with Crippen molar-refractivity contribution in [3.8, 4) is 5.75 Å². The number of hydrogen-bond acceptors (Lipinski definition) is 3. The Balaban J connectivity index is 2.18. The summed E-state index contributed by atoms with van der Waals surface area (Å²) < 4.78 is 36.7. The summed E-state index contributed by atoms with van der Waals surface area (Å²) in [6.07, 6.45) is -1.47. The normalized spacial score (nSPS) is 24.8. The minimum Gasteiger partial charge on any atom is -0.482 e. The maximum atomic E-state index is 13.4. The first-order valence-electron chi connectivity index (χ1n) is 4.65. The number of aliphatic hydroxyl groups excluding tert-OH is 1. The Hall–Kier alpha value is -0.720. The Morgan fingerprint density at radius 2 is 2.06 bits per heavy atom. The van der Waals surface area contributed by atoms with E-state index >= 15 is 0 Å². The van der Waals surface area contributed by atoms with Gasteiger partial charge in [-0.05, 0) is 28.1 Å². The van der Waals surface area contributed by atoms with Crippen molar-refractivity contribution in [3.05, 3.63) is 28.2 Å². The molecule has 0 unspecified atom stereocenters. The summed E-state index contributed by atoms with van der Waals surface area (Å²) in [6.45, 7) is 0.309. The molecule has 1 saturated heterocycles. The summed E-state index contributed by atoms with van der Waals surface area (Å²) in [6, 6.07) is 2.64. The fraction of sp³-hybridized carbons (Fsp3) is 0.400. The second-order valence-corrected chi connectivity index (χ2v) is 4.29. The predicted molar refractivity (Wildman–Crippen MR) is 55.3 cm³/mol. The van der Waals surface area contributed by atoms with Crippen LogP contribution >= 0.6 is 15.9 Å². The summed E-state index contributed by atoms with van der Waals surface area (Å²) in [5.41, 5.74) is 0. The predicted octanol–water partition coefficient (Wildman–Crippen LogP) is 1.87. The van der Waals surface area contributed by atoms with Crippen molar-refractivity contribution in [2.45, 2.75) is 12.2 Å². The van der Waals surface area contributed by atoms with Crippen LogP contribution in [0.3, 0.4) is 0 Å². The van der Waals surface area contributed by atoms with Crippen LogP contribution in [0.5, 0.6) is 5.75 Å². The molecule has 0 aliphatic carbocycles. The molecule has 0 radical (unpaired) electrons. The van der Waals surface area contributed by atoms with E-state index in [1.807, 2.05) is 0 Å². The number of aliphatic hydroxyl groups is 1. The van der Waals surface area contributed by atoms with Gasteiger partial charge in [-0.2, -0.15) is 4.39 Å². The number of benzene rings is 1. The van der Waals surface area contributed by atoms with Crippen LogP contribution in [0.2, 0.25) is 0 Å². The summed E-state index contributed by atoms with van der Waals surface area (Å²) in [4.78, 5) is 0. The summed E-state index contributed by atoms with van der Waals surface area (Å²) in [7, 11) is 0. The molecule has 1 aromatic rings. The Bertz CT molecular complexity index is 400. The molecule has 3 nitrogen and oxygen atoms in total. The molecule has 0 spiro atoms. The van der Waals surface area contributed by atoms with Gasteiger partial charge in [0.1, 0.15) is 6.10 Å². The molecule has 1 heterocycles. The Kier molecular flexibility index (Phi) is 3.41. The third-order valence-corrected chi connectivity index (χ3v) is 2.89. The lowest BCUT2D eigenvalue weighted by Gasteiger charge is -2.16. The molecule has 1 fully saturated rings. The summed E-state index contributed by atoms with van der Waals surface area (Å²) in [5, 5.41) is 9.39. The van der Waals surface area contributed by atoms with Crippen LogP contribution in [0.1, 0.15) is 0 Å². The van der Waals surface area contributed by atoms with E-state index in [9.17, 15) is 13.9 Å². The van der Waals surface area contributed by atoms with E-state index in [0.29, 0.717) is 0 Å². The van der Waals surface area contributed by atoms with Gasteiger partial charge in [0.05, 0.1) is 17.7 Å². The average molecular weight is 295 g/mol. The number of ether oxygens (including phenoxy) is 2. The summed E-state index contributed by atoms with van der Waals surface area (Å²) >= 11 is 2.86. The zero-order chi connectivity index (χ0) is 11.7. The highest BCUT2D eigenvalue weighted by molar-refractivity contribution is 9.10. The maximum absolute atomic E-state index is 13.4. The molecule has 1 aliphatic rings. The van der Waals surface area contributed by atoms with Crippen LogP contribution in [0.15, 0.2) is 16.6 Å². The Morgan fingerprint density at radius 3 is 2.69 bits per heavy atom. The zero-order valence-electron chi connectivity index (χ0n) is 8.12. The molecule has 0 bridgehead atoms. The largest absolute Gasteiger partial charge is 0.482 e. The molecular weight excluding hydrogens is 286 g/mol. The van der Waals surface area contributed by atoms with Gasteiger partial charge in [0.15, 0.2) is 17.7 Å². The van der Waals surface area contributed by atoms with Crippen molar-refractivity contribution in [2.24, 2.45) is 0 Å². The van der Waals surface area contributed by atoms with Gasteiger partial charge in [0.2, 0.25) is 5.82 Å². The molecule has 0 amide bonds. The van der Waals surface area contributed by atoms with Gasteiger partial charge < -0.3 is 14.6 Å². The van der Waals surface area contributed by atoms with Crippen LogP contribution in [0, 0.1) is 11.6 Å². The van der Waals surface area contributed by atoms with Crippen molar-refractivity contribution < 1.29 is 23.4 Å². The molecule has 6 heteroatoms. The highest BCUT2D eigenvalue weighted by Gasteiger charge is 2.29. The van der Waals surface area contributed by atoms with Crippen molar-refractivity contribution >= 4 is 15.9 Å². The lowest BCUT2D eigenvalue weighted by atomic mass is 10.2. The molecule has 16 heavy (non-hydrogen) atoms. The van der Waals surface area contributed by atoms with E-state index in [4.69, 9.17) is 9.47 Å². The smallest absolute Gasteiger partial charge is 0.201 e. The van der Waals surface area contributed by atoms with Gasteiger partial charge in [-0.25, -0.2) is 4.39 Å². The van der Waals surface area contributed by atoms with Crippen LogP contribution in [0.25, 0.3) is 0 Å². The van der Waals surface area contributed by atoms with Gasteiger partial charge in [-0.3, -0.25) is 0 Å². The molecule has 1 aromatic carbocycles. The highest BCUT2D eigenvalue weighted by atomic mass is 79.9. The Morgan fingerprint density at radius 1 is 1.31 bits per heavy atom. The topological polar surface area (TPSA) is 38.7 Å². The van der Waals surface area contributed by atoms with Crippen molar-refractivity contribution in [3.63, 3.8) is 0 Å². The first kappa shape index (κ1) is 11.8. The van der Waals surface area contributed by atoms with Gasteiger partial charge in [0, 0.05) is 0 Å². The van der Waals surface area contributed by atoms with Crippen molar-refractivity contribution in [1.82, 2.24) is 0 Å². The lowest BCUT2D eigenvalue weighted by Crippen LogP contribution is -2.30. The molecule has 1 aliphatic heterocycles. The quantitative estimate of drug-likeness (QED) is 0.847. The van der Waals surface area contributed by atoms with E-state index in [-0.39, 0.29) is 23.4 Å². The van der Waals surface area contributed by atoms with Crippen LogP contribution in [0.4, 0.5) is 8.78 Å².